The van der Waals surface area contributed by atoms with Crippen LogP contribution in [-0.2, 0) is 9.73 Å². The zero-order valence-electron chi connectivity index (χ0n) is 15.5. The molecule has 1 amide bonds. The van der Waals surface area contributed by atoms with E-state index in [1.165, 1.54) is 24.4 Å². The molecule has 1 aromatic heterocycles. The summed E-state index contributed by atoms with van der Waals surface area (Å²) in [5.74, 6) is 0.321. The highest BCUT2D eigenvalue weighted by molar-refractivity contribution is 9.10. The molecule has 0 saturated carbocycles. The van der Waals surface area contributed by atoms with E-state index in [0.717, 1.165) is 0 Å². The number of benzene rings is 2. The molecule has 0 bridgehead atoms. The maximum atomic E-state index is 13.2. The van der Waals surface area contributed by atoms with Crippen molar-refractivity contribution in [3.8, 4) is 11.5 Å². The minimum Gasteiger partial charge on any atom is -0.497 e. The van der Waals surface area contributed by atoms with E-state index < -0.39 is 11.7 Å². The largest absolute Gasteiger partial charge is 0.497 e. The second-order valence-electron chi connectivity index (χ2n) is 5.57. The van der Waals surface area contributed by atoms with Crippen LogP contribution >= 0.6 is 15.9 Å². The third-order valence-corrected chi connectivity index (χ3v) is 4.12. The number of rotatable bonds is 9. The van der Waals surface area contributed by atoms with E-state index in [1.54, 1.807) is 31.4 Å². The Kier molecular flexibility index (Phi) is 7.16. The predicted octanol–water partition coefficient (Wildman–Crippen LogP) is 3.37. The summed E-state index contributed by atoms with van der Waals surface area (Å²) >= 11 is 3.06. The molecule has 0 radical (unpaired) electrons. The van der Waals surface area contributed by atoms with Gasteiger partial charge in [0.25, 0.3) is 5.91 Å². The minimum absolute atomic E-state index is 0.0372. The van der Waals surface area contributed by atoms with Crippen LogP contribution in [0.15, 0.2) is 56.7 Å². The summed E-state index contributed by atoms with van der Waals surface area (Å²) < 4.78 is 28.5. The first-order chi connectivity index (χ1) is 14.5. The van der Waals surface area contributed by atoms with Crippen molar-refractivity contribution >= 4 is 39.6 Å². The molecule has 2 N–H and O–H groups in total. The van der Waals surface area contributed by atoms with Crippen LogP contribution in [0.25, 0.3) is 0 Å². The predicted molar refractivity (Wildman–Crippen MR) is 108 cm³/mol. The van der Waals surface area contributed by atoms with E-state index in [-0.39, 0.29) is 22.6 Å². The average molecular weight is 480 g/mol. The second kappa shape index (κ2) is 10.2. The summed E-state index contributed by atoms with van der Waals surface area (Å²) in [5.41, 5.74) is 3.07. The number of anilines is 2. The molecule has 0 unspecified atom stereocenters. The smallest absolute Gasteiger partial charge is 0.263 e. The van der Waals surface area contributed by atoms with Crippen molar-refractivity contribution in [3.05, 3.63) is 58.4 Å². The number of oxime groups is 1. The maximum Gasteiger partial charge on any atom is 0.263 e. The molecule has 0 aliphatic carbocycles. The standard InChI is InChI=1S/C18H15BrFN5O5/c1-27-12-3-5-13(6-4-12)28-10-17(26)22-18-16(24-30-25-18)9-21-29-23-11-2-7-15(20)14(19)8-11/h2-9,23H,10H2,1H3,(H,22,25,26)/b21-9+. The summed E-state index contributed by atoms with van der Waals surface area (Å²) in [6.07, 6.45) is 1.17. The van der Waals surface area contributed by atoms with Crippen molar-refractivity contribution in [1.82, 2.24) is 10.3 Å². The molecule has 156 valence electrons. The number of carbonyl (C=O) groups excluding carboxylic acids is 1. The molecular formula is C18H15BrFN5O5. The average Bonchev–Trinajstić information content (AvgIpc) is 3.19. The quantitative estimate of drug-likeness (QED) is 0.354. The van der Waals surface area contributed by atoms with Gasteiger partial charge in [-0.25, -0.2) is 9.02 Å². The molecule has 0 aliphatic heterocycles. The molecule has 3 rings (SSSR count). The molecule has 0 spiro atoms. The summed E-state index contributed by atoms with van der Waals surface area (Å²) in [6, 6.07) is 10.9. The highest BCUT2D eigenvalue weighted by Gasteiger charge is 2.12. The number of methoxy groups -OCH3 is 1. The van der Waals surface area contributed by atoms with Crippen molar-refractivity contribution in [2.45, 2.75) is 0 Å². The lowest BCUT2D eigenvalue weighted by atomic mass is 10.3. The van der Waals surface area contributed by atoms with Crippen molar-refractivity contribution in [1.29, 1.82) is 0 Å². The fourth-order valence-corrected chi connectivity index (χ4v) is 2.45. The third-order valence-electron chi connectivity index (χ3n) is 3.51. The van der Waals surface area contributed by atoms with Crippen LogP contribution in [0.5, 0.6) is 11.5 Å². The first-order valence-electron chi connectivity index (χ1n) is 8.35. The Morgan fingerprint density at radius 2 is 2.00 bits per heavy atom. The number of hydrogen-bond acceptors (Lipinski definition) is 9. The summed E-state index contributed by atoms with van der Waals surface area (Å²) in [7, 11) is 1.55. The fraction of sp³-hybridized carbons (Fsp3) is 0.111. The number of nitrogens with one attached hydrogen (secondary N) is 2. The SMILES string of the molecule is COc1ccc(OCC(=O)Nc2nonc2/C=N/ONc2ccc(F)c(Br)c2)cc1. The Morgan fingerprint density at radius 3 is 2.73 bits per heavy atom. The number of ether oxygens (including phenoxy) is 2. The summed E-state index contributed by atoms with van der Waals surface area (Å²) in [5, 5.41) is 13.3. The molecule has 3 aromatic rings. The topological polar surface area (TPSA) is 120 Å². The highest BCUT2D eigenvalue weighted by atomic mass is 79.9. The first kappa shape index (κ1) is 21.0. The third kappa shape index (κ3) is 5.91. The fourth-order valence-electron chi connectivity index (χ4n) is 2.07. The van der Waals surface area contributed by atoms with E-state index in [0.29, 0.717) is 17.2 Å². The van der Waals surface area contributed by atoms with Crippen LogP contribution in [0.3, 0.4) is 0 Å². The van der Waals surface area contributed by atoms with Gasteiger partial charge in [0.1, 0.15) is 23.5 Å². The van der Waals surface area contributed by atoms with Gasteiger partial charge in [-0.3, -0.25) is 9.73 Å². The van der Waals surface area contributed by atoms with E-state index >= 15 is 0 Å². The molecule has 0 fully saturated rings. The second-order valence-corrected chi connectivity index (χ2v) is 6.42. The Bertz CT molecular complexity index is 1030. The summed E-state index contributed by atoms with van der Waals surface area (Å²) in [6.45, 7) is -0.257. The number of halogens is 2. The minimum atomic E-state index is -0.480. The Labute approximate surface area is 178 Å². The van der Waals surface area contributed by atoms with E-state index in [1.807, 2.05) is 0 Å². The lowest BCUT2D eigenvalue weighted by Gasteiger charge is -2.06. The van der Waals surface area contributed by atoms with Gasteiger partial charge in [-0.1, -0.05) is 5.16 Å². The molecule has 0 saturated heterocycles. The zero-order valence-corrected chi connectivity index (χ0v) is 17.1. The van der Waals surface area contributed by atoms with E-state index in [2.05, 4.69) is 46.8 Å². The molecule has 0 atom stereocenters. The molecule has 30 heavy (non-hydrogen) atoms. The van der Waals surface area contributed by atoms with Crippen LogP contribution in [0.4, 0.5) is 15.9 Å². The van der Waals surface area contributed by atoms with Crippen LogP contribution in [0.2, 0.25) is 0 Å². The molecule has 2 aromatic carbocycles. The number of amides is 1. The van der Waals surface area contributed by atoms with E-state index in [4.69, 9.17) is 14.4 Å². The van der Waals surface area contributed by atoms with Crippen molar-refractivity contribution in [2.24, 2.45) is 5.16 Å². The zero-order chi connectivity index (χ0) is 21.3. The van der Waals surface area contributed by atoms with Gasteiger partial charge >= 0.3 is 0 Å². The molecule has 10 nitrogen and oxygen atoms in total. The number of nitrogens with zero attached hydrogens (tertiary/aromatic N) is 3. The van der Waals surface area contributed by atoms with Gasteiger partial charge in [-0.15, -0.1) is 0 Å². The van der Waals surface area contributed by atoms with Crippen molar-refractivity contribution in [3.63, 3.8) is 0 Å². The lowest BCUT2D eigenvalue weighted by molar-refractivity contribution is -0.118. The van der Waals surface area contributed by atoms with Crippen LogP contribution < -0.4 is 20.3 Å². The summed E-state index contributed by atoms with van der Waals surface area (Å²) in [4.78, 5) is 16.9. The highest BCUT2D eigenvalue weighted by Crippen LogP contribution is 2.20. The maximum absolute atomic E-state index is 13.2. The molecule has 12 heteroatoms. The lowest BCUT2D eigenvalue weighted by Crippen LogP contribution is -2.21. The van der Waals surface area contributed by atoms with Gasteiger partial charge in [0.2, 0.25) is 5.82 Å². The van der Waals surface area contributed by atoms with Gasteiger partial charge in [-0.2, -0.15) is 5.48 Å². The van der Waals surface area contributed by atoms with Gasteiger partial charge in [0.05, 0.1) is 17.3 Å². The van der Waals surface area contributed by atoms with Crippen molar-refractivity contribution in [2.75, 3.05) is 24.5 Å². The van der Waals surface area contributed by atoms with Crippen LogP contribution in [-0.4, -0.2) is 36.2 Å². The van der Waals surface area contributed by atoms with Gasteiger partial charge in [0, 0.05) is 0 Å². The number of carbonyl (C=O) groups is 1. The van der Waals surface area contributed by atoms with E-state index in [9.17, 15) is 9.18 Å². The molecule has 1 heterocycles. The Balaban J connectivity index is 1.48. The number of hydrogen-bond donors (Lipinski definition) is 2. The van der Waals surface area contributed by atoms with Crippen LogP contribution in [0, 0.1) is 5.82 Å². The van der Waals surface area contributed by atoms with Gasteiger partial charge in [0.15, 0.2) is 12.3 Å². The molecular weight excluding hydrogens is 465 g/mol. The molecule has 0 aliphatic rings. The monoisotopic (exact) mass is 479 g/mol. The van der Waals surface area contributed by atoms with Gasteiger partial charge in [-0.05, 0) is 68.7 Å². The normalized spacial score (nSPS) is 10.6. The number of aromatic nitrogens is 2. The Morgan fingerprint density at radius 1 is 1.23 bits per heavy atom. The van der Waals surface area contributed by atoms with Crippen molar-refractivity contribution < 1.29 is 28.2 Å². The van der Waals surface area contributed by atoms with Crippen LogP contribution in [0.1, 0.15) is 5.69 Å². The first-order valence-corrected chi connectivity index (χ1v) is 9.14. The van der Waals surface area contributed by atoms with Gasteiger partial charge < -0.3 is 14.8 Å². The Hall–Kier alpha value is -3.67.